The van der Waals surface area contributed by atoms with Crippen LogP contribution in [0, 0.1) is 5.41 Å². The van der Waals surface area contributed by atoms with Gasteiger partial charge < -0.3 is 15.7 Å². The van der Waals surface area contributed by atoms with Crippen molar-refractivity contribution in [2.45, 2.75) is 64.2 Å². The summed E-state index contributed by atoms with van der Waals surface area (Å²) in [7, 11) is 0. The van der Waals surface area contributed by atoms with Crippen LogP contribution in [0.25, 0.3) is 0 Å². The number of anilines is 2. The van der Waals surface area contributed by atoms with E-state index in [9.17, 15) is 31.4 Å². The van der Waals surface area contributed by atoms with Gasteiger partial charge in [0.05, 0.1) is 6.10 Å². The molecule has 0 radical (unpaired) electrons. The summed E-state index contributed by atoms with van der Waals surface area (Å²) in [6.07, 6.45) is -6.47. The topological polar surface area (TPSA) is 95.9 Å². The highest BCUT2D eigenvalue weighted by Crippen LogP contribution is 2.39. The maximum atomic E-state index is 13.5. The highest BCUT2D eigenvalue weighted by Gasteiger charge is 2.39. The number of rotatable bonds is 5. The smallest absolute Gasteiger partial charge is 0.393 e. The summed E-state index contributed by atoms with van der Waals surface area (Å²) in [6, 6.07) is -0.378. The zero-order chi connectivity index (χ0) is 23.7. The van der Waals surface area contributed by atoms with Crippen molar-refractivity contribution in [1.82, 2.24) is 19.9 Å². The summed E-state index contributed by atoms with van der Waals surface area (Å²) in [5, 5.41) is 15.4. The molecule has 32 heavy (non-hydrogen) atoms. The molecule has 0 unspecified atom stereocenters. The number of halogens is 6. The number of aliphatic hydroxyl groups is 1. The molecule has 1 saturated carbocycles. The highest BCUT2D eigenvalue weighted by atomic mass is 19.4. The normalized spacial score (nSPS) is 21.3. The summed E-state index contributed by atoms with van der Waals surface area (Å²) in [5.41, 5.74) is -3.05. The first-order chi connectivity index (χ1) is 14.8. The molecule has 2 aromatic rings. The third kappa shape index (κ3) is 5.56. The number of nitrogens with zero attached hydrogens (tertiary/aromatic N) is 4. The number of hydrogen-bond acceptors (Lipinski definition) is 7. The zero-order valence-electron chi connectivity index (χ0n) is 17.2. The summed E-state index contributed by atoms with van der Waals surface area (Å²) in [6.45, 7) is 3.20. The van der Waals surface area contributed by atoms with Gasteiger partial charge >= 0.3 is 12.4 Å². The van der Waals surface area contributed by atoms with E-state index in [1.165, 1.54) is 0 Å². The molecule has 3 N–H and O–H groups in total. The van der Waals surface area contributed by atoms with Gasteiger partial charge in [0.1, 0.15) is 17.7 Å². The average molecular weight is 464 g/mol. The molecule has 3 rings (SSSR count). The van der Waals surface area contributed by atoms with E-state index in [1.54, 1.807) is 0 Å². The van der Waals surface area contributed by atoms with Crippen molar-refractivity contribution in [3.63, 3.8) is 0 Å². The Morgan fingerprint density at radius 2 is 1.78 bits per heavy atom. The first-order valence-electron chi connectivity index (χ1n) is 9.76. The lowest BCUT2D eigenvalue weighted by Crippen LogP contribution is -2.41. The third-order valence-corrected chi connectivity index (χ3v) is 5.39. The Bertz CT molecular complexity index is 949. The predicted molar refractivity (Wildman–Crippen MR) is 102 cm³/mol. The summed E-state index contributed by atoms with van der Waals surface area (Å²) >= 11 is 0. The lowest BCUT2D eigenvalue weighted by molar-refractivity contribution is -0.142. The molecule has 2 atom stereocenters. The summed E-state index contributed by atoms with van der Waals surface area (Å²) in [5.74, 6) is -0.764. The minimum Gasteiger partial charge on any atom is -0.393 e. The molecule has 2 heterocycles. The van der Waals surface area contributed by atoms with Crippen molar-refractivity contribution in [2.24, 2.45) is 5.41 Å². The van der Waals surface area contributed by atoms with Gasteiger partial charge in [-0.1, -0.05) is 13.8 Å². The standard InChI is InChI=1S/C19H22F6N6O/c1-17(2)5-11(3-4-13(17)32)30-15-12(18(20,21)22)8-28-16(31-15)27-7-10-6-26-9-29-14(10)19(23,24)25/h6,8-9,11,13,32H,3-5,7H2,1-2H3,(H2,27,28,30,31)/t11-,13+/m1/s1. The number of hydrogen-bond donors (Lipinski definition) is 3. The average Bonchev–Trinajstić information content (AvgIpc) is 2.68. The fourth-order valence-corrected chi connectivity index (χ4v) is 3.64. The van der Waals surface area contributed by atoms with Crippen LogP contribution in [0.1, 0.15) is 49.9 Å². The molecular formula is C19H22F6N6O. The maximum absolute atomic E-state index is 13.5. The third-order valence-electron chi connectivity index (χ3n) is 5.39. The Morgan fingerprint density at radius 3 is 2.41 bits per heavy atom. The van der Waals surface area contributed by atoms with Gasteiger partial charge in [-0.2, -0.15) is 31.3 Å². The molecule has 2 aromatic heterocycles. The predicted octanol–water partition coefficient (Wildman–Crippen LogP) is 4.27. The molecule has 0 bridgehead atoms. The van der Waals surface area contributed by atoms with Crippen LogP contribution in [0.3, 0.4) is 0 Å². The van der Waals surface area contributed by atoms with E-state index in [4.69, 9.17) is 0 Å². The van der Waals surface area contributed by atoms with E-state index in [2.05, 4.69) is 30.6 Å². The van der Waals surface area contributed by atoms with Crippen LogP contribution in [-0.4, -0.2) is 37.2 Å². The monoisotopic (exact) mass is 464 g/mol. The van der Waals surface area contributed by atoms with Gasteiger partial charge in [0, 0.05) is 30.5 Å². The second-order valence-electron chi connectivity index (χ2n) is 8.33. The van der Waals surface area contributed by atoms with Gasteiger partial charge in [-0.15, -0.1) is 0 Å². The van der Waals surface area contributed by atoms with E-state index >= 15 is 0 Å². The molecule has 1 fully saturated rings. The minimum atomic E-state index is -4.73. The molecule has 176 valence electrons. The molecule has 1 aliphatic carbocycles. The Labute approximate surface area is 179 Å². The minimum absolute atomic E-state index is 0.285. The van der Waals surface area contributed by atoms with E-state index in [1.807, 2.05) is 13.8 Å². The second-order valence-corrected chi connectivity index (χ2v) is 8.33. The van der Waals surface area contributed by atoms with Crippen LogP contribution in [-0.2, 0) is 18.9 Å². The maximum Gasteiger partial charge on any atom is 0.433 e. The fraction of sp³-hybridized carbons (Fsp3) is 0.579. The van der Waals surface area contributed by atoms with E-state index in [-0.39, 0.29) is 17.6 Å². The van der Waals surface area contributed by atoms with Gasteiger partial charge in [-0.3, -0.25) is 0 Å². The molecular weight excluding hydrogens is 442 g/mol. The van der Waals surface area contributed by atoms with Crippen LogP contribution in [0.15, 0.2) is 18.7 Å². The second kappa shape index (κ2) is 8.68. The van der Waals surface area contributed by atoms with Crippen LogP contribution in [0.4, 0.5) is 38.1 Å². The Hall–Kier alpha value is -2.70. The van der Waals surface area contributed by atoms with E-state index in [0.717, 1.165) is 12.5 Å². The fourth-order valence-electron chi connectivity index (χ4n) is 3.64. The molecule has 0 spiro atoms. The lowest BCUT2D eigenvalue weighted by Gasteiger charge is -2.40. The number of nitrogens with one attached hydrogen (secondary N) is 2. The van der Waals surface area contributed by atoms with Crippen LogP contribution in [0.5, 0.6) is 0 Å². The lowest BCUT2D eigenvalue weighted by atomic mass is 9.73. The zero-order valence-corrected chi connectivity index (χ0v) is 17.2. The van der Waals surface area contributed by atoms with Crippen molar-refractivity contribution < 1.29 is 31.4 Å². The molecule has 0 saturated heterocycles. The molecule has 0 aromatic carbocycles. The molecule has 13 heteroatoms. The summed E-state index contributed by atoms with van der Waals surface area (Å²) in [4.78, 5) is 14.3. The van der Waals surface area contributed by atoms with Gasteiger partial charge in [0.15, 0.2) is 5.69 Å². The van der Waals surface area contributed by atoms with Gasteiger partial charge in [0.2, 0.25) is 5.95 Å². The SMILES string of the molecule is CC1(C)C[C@H](Nc2nc(NCc3cncnc3C(F)(F)F)ncc2C(F)(F)F)CC[C@@H]1O. The van der Waals surface area contributed by atoms with Crippen molar-refractivity contribution in [1.29, 1.82) is 0 Å². The van der Waals surface area contributed by atoms with Crippen LogP contribution >= 0.6 is 0 Å². The van der Waals surface area contributed by atoms with Crippen LogP contribution in [0.2, 0.25) is 0 Å². The van der Waals surface area contributed by atoms with Crippen molar-refractivity contribution >= 4 is 11.8 Å². The largest absolute Gasteiger partial charge is 0.433 e. The Morgan fingerprint density at radius 1 is 1.06 bits per heavy atom. The Kier molecular flexibility index (Phi) is 6.50. The van der Waals surface area contributed by atoms with E-state index in [0.29, 0.717) is 25.5 Å². The quantitative estimate of drug-likeness (QED) is 0.569. The number of alkyl halides is 6. The van der Waals surface area contributed by atoms with Gasteiger partial charge in [-0.25, -0.2) is 15.0 Å². The van der Waals surface area contributed by atoms with Crippen molar-refractivity contribution in [2.75, 3.05) is 10.6 Å². The molecule has 7 nitrogen and oxygen atoms in total. The van der Waals surface area contributed by atoms with Crippen molar-refractivity contribution in [3.8, 4) is 0 Å². The Balaban J connectivity index is 1.82. The number of aliphatic hydroxyl groups excluding tert-OH is 1. The highest BCUT2D eigenvalue weighted by molar-refractivity contribution is 5.49. The van der Waals surface area contributed by atoms with Gasteiger partial charge in [-0.05, 0) is 24.7 Å². The molecule has 1 aliphatic rings. The molecule has 0 amide bonds. The number of aromatic nitrogens is 4. The molecule has 0 aliphatic heterocycles. The van der Waals surface area contributed by atoms with Gasteiger partial charge in [0.25, 0.3) is 0 Å². The summed E-state index contributed by atoms with van der Waals surface area (Å²) < 4.78 is 79.6. The van der Waals surface area contributed by atoms with Crippen molar-refractivity contribution in [3.05, 3.63) is 35.5 Å². The van der Waals surface area contributed by atoms with E-state index < -0.39 is 47.5 Å². The first kappa shape index (κ1) is 24.0. The van der Waals surface area contributed by atoms with Crippen LogP contribution < -0.4 is 10.6 Å². The first-order valence-corrected chi connectivity index (χ1v) is 9.76.